The molecule has 0 amide bonds. The third kappa shape index (κ3) is 5.16. The maximum absolute atomic E-state index is 11.6. The lowest BCUT2D eigenvalue weighted by Crippen LogP contribution is -2.08. The van der Waals surface area contributed by atoms with Gasteiger partial charge < -0.3 is 0 Å². The van der Waals surface area contributed by atoms with Gasteiger partial charge in [-0.2, -0.15) is 5.10 Å². The fraction of sp³-hybridized carbons (Fsp3) is 0.200. The number of sulfone groups is 1. The Labute approximate surface area is 183 Å². The first-order chi connectivity index (χ1) is 14.4. The van der Waals surface area contributed by atoms with E-state index in [1.807, 2.05) is 24.4 Å². The Morgan fingerprint density at radius 2 is 1.93 bits per heavy atom. The highest BCUT2D eigenvalue weighted by atomic mass is 35.5. The molecule has 4 rings (SSSR count). The van der Waals surface area contributed by atoms with E-state index in [1.165, 1.54) is 24.3 Å². The third-order valence-corrected chi connectivity index (χ3v) is 6.48. The number of allylic oxidation sites excluding steroid dienone is 3. The monoisotopic (exact) mass is 459 g/mol. The Hall–Kier alpha value is -2.49. The van der Waals surface area contributed by atoms with Gasteiger partial charge in [0.05, 0.1) is 28.1 Å². The molecule has 154 valence electrons. The number of aromatic nitrogens is 5. The molecule has 7 nitrogen and oxygen atoms in total. The highest BCUT2D eigenvalue weighted by molar-refractivity contribution is 7.99. The van der Waals surface area contributed by atoms with Crippen LogP contribution in [0.2, 0.25) is 5.02 Å². The first-order valence-corrected chi connectivity index (χ1v) is 12.3. The van der Waals surface area contributed by atoms with Gasteiger partial charge in [-0.3, -0.25) is 0 Å². The van der Waals surface area contributed by atoms with Crippen LogP contribution in [0.15, 0.2) is 70.9 Å². The molecule has 0 atom stereocenters. The molecule has 0 bridgehead atoms. The zero-order chi connectivity index (χ0) is 21.1. The second kappa shape index (κ2) is 8.71. The summed E-state index contributed by atoms with van der Waals surface area (Å²) >= 11 is 7.44. The summed E-state index contributed by atoms with van der Waals surface area (Å²) < 4.78 is 24.9. The third-order valence-electron chi connectivity index (χ3n) is 4.39. The zero-order valence-electron chi connectivity index (χ0n) is 16.1. The Morgan fingerprint density at radius 1 is 1.13 bits per heavy atom. The molecule has 10 heteroatoms. The standard InChI is InChI=1S/C20H18ClN5O2S2/c1-30(27,28)12-14-2-4-15(5-3-14)20-18(29-19-7-6-16(21)8-24-19)11-26(25-20)17-9-22-13-23-10-17/h2,4,6-11,13H,3,5,12H2,1H3. The number of nitrogens with zero attached hydrogens (tertiary/aromatic N) is 5. The molecule has 0 aromatic carbocycles. The predicted molar refractivity (Wildman–Crippen MR) is 118 cm³/mol. The van der Waals surface area contributed by atoms with E-state index in [0.29, 0.717) is 17.9 Å². The maximum atomic E-state index is 11.6. The fourth-order valence-electron chi connectivity index (χ4n) is 3.07. The van der Waals surface area contributed by atoms with Gasteiger partial charge in [-0.1, -0.05) is 41.1 Å². The minimum absolute atomic E-state index is 0.0862. The molecule has 0 radical (unpaired) electrons. The fourth-order valence-corrected chi connectivity index (χ4v) is 4.98. The largest absolute Gasteiger partial charge is 0.248 e. The van der Waals surface area contributed by atoms with E-state index in [1.54, 1.807) is 29.3 Å². The summed E-state index contributed by atoms with van der Waals surface area (Å²) in [7, 11) is -3.04. The lowest BCUT2D eigenvalue weighted by Gasteiger charge is -2.14. The van der Waals surface area contributed by atoms with E-state index in [9.17, 15) is 8.42 Å². The van der Waals surface area contributed by atoms with Crippen LogP contribution in [0.25, 0.3) is 11.3 Å². The predicted octanol–water partition coefficient (Wildman–Crippen LogP) is 4.01. The van der Waals surface area contributed by atoms with Crippen LogP contribution >= 0.6 is 23.4 Å². The Bertz CT molecular complexity index is 1220. The van der Waals surface area contributed by atoms with Crippen molar-refractivity contribution in [2.24, 2.45) is 0 Å². The lowest BCUT2D eigenvalue weighted by molar-refractivity contribution is 0.603. The minimum atomic E-state index is -3.04. The Kier molecular flexibility index (Phi) is 6.03. The number of rotatable bonds is 6. The van der Waals surface area contributed by atoms with Gasteiger partial charge in [-0.05, 0) is 30.5 Å². The van der Waals surface area contributed by atoms with Gasteiger partial charge in [-0.25, -0.2) is 28.1 Å². The van der Waals surface area contributed by atoms with Crippen LogP contribution in [0.1, 0.15) is 18.5 Å². The molecular formula is C20H18ClN5O2S2. The summed E-state index contributed by atoms with van der Waals surface area (Å²) in [6.45, 7) is 0. The molecule has 1 aliphatic carbocycles. The number of halogens is 1. The van der Waals surface area contributed by atoms with Crippen molar-refractivity contribution in [1.82, 2.24) is 24.7 Å². The van der Waals surface area contributed by atoms with Crippen LogP contribution in [0.3, 0.4) is 0 Å². The highest BCUT2D eigenvalue weighted by Crippen LogP contribution is 2.36. The van der Waals surface area contributed by atoms with Crippen molar-refractivity contribution in [1.29, 1.82) is 0 Å². The molecule has 30 heavy (non-hydrogen) atoms. The maximum Gasteiger partial charge on any atom is 0.151 e. The number of hydrogen-bond acceptors (Lipinski definition) is 7. The second-order valence-corrected chi connectivity index (χ2v) is 10.5. The number of pyridine rings is 1. The molecule has 0 saturated carbocycles. The van der Waals surface area contributed by atoms with E-state index < -0.39 is 9.84 Å². The van der Waals surface area contributed by atoms with Crippen molar-refractivity contribution >= 4 is 38.8 Å². The van der Waals surface area contributed by atoms with E-state index >= 15 is 0 Å². The highest BCUT2D eigenvalue weighted by Gasteiger charge is 2.19. The molecule has 0 unspecified atom stereocenters. The first kappa shape index (κ1) is 20.8. The van der Waals surface area contributed by atoms with Crippen molar-refractivity contribution in [3.63, 3.8) is 0 Å². The van der Waals surface area contributed by atoms with Crippen LogP contribution in [-0.2, 0) is 9.84 Å². The van der Waals surface area contributed by atoms with Crippen molar-refractivity contribution in [3.8, 4) is 5.69 Å². The average molecular weight is 460 g/mol. The second-order valence-electron chi connectivity index (χ2n) is 6.89. The molecule has 0 saturated heterocycles. The molecular weight excluding hydrogens is 442 g/mol. The summed E-state index contributed by atoms with van der Waals surface area (Å²) in [5, 5.41) is 6.14. The molecule has 0 spiro atoms. The molecule has 3 aromatic rings. The molecule has 3 heterocycles. The van der Waals surface area contributed by atoms with Gasteiger partial charge in [0, 0.05) is 18.6 Å². The Balaban J connectivity index is 1.70. The van der Waals surface area contributed by atoms with E-state index in [4.69, 9.17) is 16.7 Å². The van der Waals surface area contributed by atoms with Crippen LogP contribution in [-0.4, -0.2) is 45.2 Å². The van der Waals surface area contributed by atoms with Crippen molar-refractivity contribution in [2.45, 2.75) is 22.8 Å². The summed E-state index contributed by atoms with van der Waals surface area (Å²) in [5.41, 5.74) is 3.53. The van der Waals surface area contributed by atoms with Gasteiger partial charge in [0.1, 0.15) is 22.7 Å². The molecule has 0 fully saturated rings. The quantitative estimate of drug-likeness (QED) is 0.550. The summed E-state index contributed by atoms with van der Waals surface area (Å²) in [6.07, 6.45) is 14.9. The zero-order valence-corrected chi connectivity index (χ0v) is 18.5. The van der Waals surface area contributed by atoms with Crippen LogP contribution in [0, 0.1) is 0 Å². The first-order valence-electron chi connectivity index (χ1n) is 9.08. The average Bonchev–Trinajstić information content (AvgIpc) is 3.14. The summed E-state index contributed by atoms with van der Waals surface area (Å²) in [4.78, 5) is 13.4. The van der Waals surface area contributed by atoms with Gasteiger partial charge >= 0.3 is 0 Å². The van der Waals surface area contributed by atoms with E-state index in [0.717, 1.165) is 32.4 Å². The topological polar surface area (TPSA) is 90.6 Å². The summed E-state index contributed by atoms with van der Waals surface area (Å²) in [6, 6.07) is 3.66. The molecule has 3 aromatic heterocycles. The van der Waals surface area contributed by atoms with Crippen molar-refractivity contribution in [3.05, 3.63) is 71.7 Å². The molecule has 0 aliphatic heterocycles. The lowest BCUT2D eigenvalue weighted by atomic mass is 9.97. The SMILES string of the molecule is CS(=O)(=O)CC1=CC=C(c2nn(-c3cncnc3)cc2Sc2ccc(Cl)cn2)CC1. The van der Waals surface area contributed by atoms with Crippen molar-refractivity contribution < 1.29 is 8.42 Å². The van der Waals surface area contributed by atoms with Crippen molar-refractivity contribution in [2.75, 3.05) is 12.0 Å². The summed E-state index contributed by atoms with van der Waals surface area (Å²) in [5.74, 6) is 0.0862. The Morgan fingerprint density at radius 3 is 2.57 bits per heavy atom. The van der Waals surface area contributed by atoms with Gasteiger partial charge in [0.2, 0.25) is 0 Å². The van der Waals surface area contributed by atoms with Gasteiger partial charge in [0.15, 0.2) is 9.84 Å². The molecule has 1 aliphatic rings. The molecule has 0 N–H and O–H groups in total. The normalized spacial score (nSPS) is 14.3. The minimum Gasteiger partial charge on any atom is -0.248 e. The van der Waals surface area contributed by atoms with E-state index in [2.05, 4.69) is 15.0 Å². The van der Waals surface area contributed by atoms with E-state index in [-0.39, 0.29) is 5.75 Å². The van der Waals surface area contributed by atoms with Crippen LogP contribution < -0.4 is 0 Å². The van der Waals surface area contributed by atoms with Gasteiger partial charge in [0.25, 0.3) is 0 Å². The van der Waals surface area contributed by atoms with Crippen LogP contribution in [0.5, 0.6) is 0 Å². The van der Waals surface area contributed by atoms with Gasteiger partial charge in [-0.15, -0.1) is 0 Å². The smallest absolute Gasteiger partial charge is 0.151 e. The van der Waals surface area contributed by atoms with Crippen LogP contribution in [0.4, 0.5) is 0 Å². The number of hydrogen-bond donors (Lipinski definition) is 0.